The van der Waals surface area contributed by atoms with Crippen LogP contribution in [0.5, 0.6) is 0 Å². The molecule has 1 fully saturated rings. The third-order valence-electron chi connectivity index (χ3n) is 4.32. The zero-order chi connectivity index (χ0) is 16.2. The highest BCUT2D eigenvalue weighted by Gasteiger charge is 2.33. The number of carbonyl (C=O) groups is 2. The molecule has 2 N–H and O–H groups in total. The number of nitrogens with one attached hydrogen (secondary N) is 1. The van der Waals surface area contributed by atoms with E-state index in [-0.39, 0.29) is 17.7 Å². The summed E-state index contributed by atoms with van der Waals surface area (Å²) in [6.07, 6.45) is 5.28. The average Bonchev–Trinajstić information content (AvgIpc) is 3.24. The summed E-state index contributed by atoms with van der Waals surface area (Å²) in [5.41, 5.74) is 1.97. The van der Waals surface area contributed by atoms with Gasteiger partial charge in [-0.1, -0.05) is 12.1 Å². The van der Waals surface area contributed by atoms with Crippen LogP contribution in [0, 0.1) is 11.8 Å². The van der Waals surface area contributed by atoms with E-state index in [9.17, 15) is 9.59 Å². The highest BCUT2D eigenvalue weighted by atomic mass is 16.4. The van der Waals surface area contributed by atoms with E-state index in [0.717, 1.165) is 11.3 Å². The molecule has 1 aliphatic rings. The summed E-state index contributed by atoms with van der Waals surface area (Å²) in [4.78, 5) is 23.1. The van der Waals surface area contributed by atoms with Crippen LogP contribution in [0.1, 0.15) is 24.8 Å². The topological polar surface area (TPSA) is 84.2 Å². The summed E-state index contributed by atoms with van der Waals surface area (Å²) >= 11 is 0. The Kier molecular flexibility index (Phi) is 4.41. The van der Waals surface area contributed by atoms with Gasteiger partial charge in [-0.05, 0) is 43.0 Å². The maximum atomic E-state index is 12.1. The maximum absolute atomic E-state index is 12.1. The fourth-order valence-electron chi connectivity index (χ4n) is 2.97. The summed E-state index contributed by atoms with van der Waals surface area (Å²) in [7, 11) is 0. The van der Waals surface area contributed by atoms with Gasteiger partial charge < -0.3 is 10.4 Å². The van der Waals surface area contributed by atoms with E-state index in [2.05, 4.69) is 10.4 Å². The number of aromatic nitrogens is 2. The third kappa shape index (κ3) is 3.59. The molecule has 120 valence electrons. The fourth-order valence-corrected chi connectivity index (χ4v) is 2.97. The van der Waals surface area contributed by atoms with Gasteiger partial charge in [0.2, 0.25) is 5.91 Å². The van der Waals surface area contributed by atoms with Crippen molar-refractivity contribution in [2.75, 3.05) is 0 Å². The predicted molar refractivity (Wildman–Crippen MR) is 83.9 cm³/mol. The van der Waals surface area contributed by atoms with Crippen LogP contribution < -0.4 is 5.32 Å². The molecule has 0 spiro atoms. The molecule has 2 aromatic rings. The van der Waals surface area contributed by atoms with Crippen molar-refractivity contribution in [3.8, 4) is 5.69 Å². The molecule has 0 bridgehead atoms. The maximum Gasteiger partial charge on any atom is 0.306 e. The van der Waals surface area contributed by atoms with E-state index < -0.39 is 5.97 Å². The largest absolute Gasteiger partial charge is 0.481 e. The van der Waals surface area contributed by atoms with Gasteiger partial charge in [-0.25, -0.2) is 4.68 Å². The number of benzene rings is 1. The lowest BCUT2D eigenvalue weighted by Crippen LogP contribution is -2.29. The molecule has 0 saturated heterocycles. The van der Waals surface area contributed by atoms with Gasteiger partial charge in [0.1, 0.15) is 0 Å². The molecule has 1 amide bonds. The van der Waals surface area contributed by atoms with Crippen molar-refractivity contribution in [1.29, 1.82) is 0 Å². The Labute approximate surface area is 134 Å². The van der Waals surface area contributed by atoms with Crippen molar-refractivity contribution >= 4 is 11.9 Å². The van der Waals surface area contributed by atoms with Gasteiger partial charge in [-0.2, -0.15) is 5.10 Å². The molecule has 2 atom stereocenters. The van der Waals surface area contributed by atoms with E-state index in [1.807, 2.05) is 36.5 Å². The first-order valence-corrected chi connectivity index (χ1v) is 7.73. The van der Waals surface area contributed by atoms with Gasteiger partial charge in [-0.15, -0.1) is 0 Å². The predicted octanol–water partition coefficient (Wildman–Crippen LogP) is 1.99. The van der Waals surface area contributed by atoms with Crippen LogP contribution in [0.15, 0.2) is 42.7 Å². The third-order valence-corrected chi connectivity index (χ3v) is 4.32. The Morgan fingerprint density at radius 3 is 2.57 bits per heavy atom. The number of aliphatic carboxylic acids is 1. The van der Waals surface area contributed by atoms with Crippen molar-refractivity contribution in [3.05, 3.63) is 48.3 Å². The van der Waals surface area contributed by atoms with Crippen LogP contribution in [0.4, 0.5) is 0 Å². The first kappa shape index (κ1) is 15.3. The number of amides is 1. The van der Waals surface area contributed by atoms with Gasteiger partial charge in [0.05, 0.1) is 11.6 Å². The normalized spacial score (nSPS) is 20.3. The number of nitrogens with zero attached hydrogens (tertiary/aromatic N) is 2. The SMILES string of the molecule is O=C(O)[C@@H]1CC[C@H](C(=O)NCc2ccc(-n3cccn3)cc2)C1. The minimum absolute atomic E-state index is 0.0510. The van der Waals surface area contributed by atoms with E-state index in [1.54, 1.807) is 10.9 Å². The van der Waals surface area contributed by atoms with Crippen molar-refractivity contribution < 1.29 is 14.7 Å². The lowest BCUT2D eigenvalue weighted by Gasteiger charge is -2.11. The number of carboxylic acid groups (broad SMARTS) is 1. The van der Waals surface area contributed by atoms with Crippen molar-refractivity contribution in [2.24, 2.45) is 11.8 Å². The molecule has 0 radical (unpaired) electrons. The number of hydrogen-bond acceptors (Lipinski definition) is 3. The first-order valence-electron chi connectivity index (χ1n) is 7.73. The van der Waals surface area contributed by atoms with Gasteiger partial charge in [0.25, 0.3) is 0 Å². The van der Waals surface area contributed by atoms with Crippen LogP contribution in [0.3, 0.4) is 0 Å². The number of carboxylic acids is 1. The molecule has 6 heteroatoms. The molecule has 1 aromatic carbocycles. The molecule has 1 aromatic heterocycles. The molecule has 1 aliphatic carbocycles. The van der Waals surface area contributed by atoms with Crippen LogP contribution in [-0.2, 0) is 16.1 Å². The Hall–Kier alpha value is -2.63. The van der Waals surface area contributed by atoms with E-state index in [0.29, 0.717) is 25.8 Å². The molecular formula is C17H19N3O3. The molecule has 6 nitrogen and oxygen atoms in total. The van der Waals surface area contributed by atoms with Crippen LogP contribution in [0.25, 0.3) is 5.69 Å². The number of rotatable bonds is 5. The van der Waals surface area contributed by atoms with Crippen molar-refractivity contribution in [2.45, 2.75) is 25.8 Å². The number of carbonyl (C=O) groups excluding carboxylic acids is 1. The van der Waals surface area contributed by atoms with E-state index in [4.69, 9.17) is 5.11 Å². The zero-order valence-corrected chi connectivity index (χ0v) is 12.7. The highest BCUT2D eigenvalue weighted by Crippen LogP contribution is 2.31. The minimum atomic E-state index is -0.797. The summed E-state index contributed by atoms with van der Waals surface area (Å²) < 4.78 is 1.77. The molecule has 0 aliphatic heterocycles. The van der Waals surface area contributed by atoms with Gasteiger partial charge in [0, 0.05) is 24.9 Å². The van der Waals surface area contributed by atoms with Crippen LogP contribution in [-0.4, -0.2) is 26.8 Å². The second-order valence-electron chi connectivity index (χ2n) is 5.88. The molecule has 1 heterocycles. The standard InChI is InChI=1S/C17H19N3O3/c21-16(13-4-5-14(10-13)17(22)23)18-11-12-2-6-15(7-3-12)20-9-1-8-19-20/h1-3,6-9,13-14H,4-5,10-11H2,(H,18,21)(H,22,23)/t13-,14+/m0/s1. The van der Waals surface area contributed by atoms with Gasteiger partial charge in [0.15, 0.2) is 0 Å². The van der Waals surface area contributed by atoms with Crippen LogP contribution in [0.2, 0.25) is 0 Å². The summed E-state index contributed by atoms with van der Waals surface area (Å²) in [6, 6.07) is 9.66. The van der Waals surface area contributed by atoms with E-state index >= 15 is 0 Å². The van der Waals surface area contributed by atoms with Crippen molar-refractivity contribution in [3.63, 3.8) is 0 Å². The molecule has 0 unspecified atom stereocenters. The molecule has 23 heavy (non-hydrogen) atoms. The first-order chi connectivity index (χ1) is 11.1. The second kappa shape index (κ2) is 6.64. The summed E-state index contributed by atoms with van der Waals surface area (Å²) in [5, 5.41) is 16.0. The summed E-state index contributed by atoms with van der Waals surface area (Å²) in [5.74, 6) is -1.40. The molecule has 3 rings (SSSR count). The Bertz CT molecular complexity index is 680. The van der Waals surface area contributed by atoms with Gasteiger partial charge >= 0.3 is 5.97 Å². The molecule has 1 saturated carbocycles. The Balaban J connectivity index is 1.52. The monoisotopic (exact) mass is 313 g/mol. The van der Waals surface area contributed by atoms with Gasteiger partial charge in [-0.3, -0.25) is 9.59 Å². The lowest BCUT2D eigenvalue weighted by atomic mass is 10.0. The number of hydrogen-bond donors (Lipinski definition) is 2. The average molecular weight is 313 g/mol. The second-order valence-corrected chi connectivity index (χ2v) is 5.88. The zero-order valence-electron chi connectivity index (χ0n) is 12.7. The fraction of sp³-hybridized carbons (Fsp3) is 0.353. The minimum Gasteiger partial charge on any atom is -0.481 e. The lowest BCUT2D eigenvalue weighted by molar-refractivity contribution is -0.141. The van der Waals surface area contributed by atoms with E-state index in [1.165, 1.54) is 0 Å². The Morgan fingerprint density at radius 1 is 1.22 bits per heavy atom. The Morgan fingerprint density at radius 2 is 1.96 bits per heavy atom. The smallest absolute Gasteiger partial charge is 0.306 e. The van der Waals surface area contributed by atoms with Crippen molar-refractivity contribution in [1.82, 2.24) is 15.1 Å². The van der Waals surface area contributed by atoms with Crippen LogP contribution >= 0.6 is 0 Å². The summed E-state index contributed by atoms with van der Waals surface area (Å²) in [6.45, 7) is 0.451. The molecular weight excluding hydrogens is 294 g/mol. The quantitative estimate of drug-likeness (QED) is 0.884. The highest BCUT2D eigenvalue weighted by molar-refractivity contribution is 5.80.